The van der Waals surface area contributed by atoms with Gasteiger partial charge in [0.15, 0.2) is 0 Å². The maximum absolute atomic E-state index is 13.8. The number of hydrazine groups is 1. The Morgan fingerprint density at radius 2 is 2.08 bits per heavy atom. The molecule has 1 saturated heterocycles. The minimum Gasteiger partial charge on any atom is -0.292 e. The summed E-state index contributed by atoms with van der Waals surface area (Å²) in [5, 5.41) is 2.02. The van der Waals surface area contributed by atoms with E-state index < -0.39 is 11.6 Å². The molecule has 1 aromatic heterocycles. The van der Waals surface area contributed by atoms with Crippen molar-refractivity contribution in [2.24, 2.45) is 0 Å². The number of halogens is 2. The highest BCUT2D eigenvalue weighted by Gasteiger charge is 2.19. The maximum Gasteiger partial charge on any atom is 0.252 e. The Hall–Kier alpha value is -2.28. The number of piperidine rings is 1. The highest BCUT2D eigenvalue weighted by molar-refractivity contribution is 5.29. The molecule has 2 aromatic rings. The second-order valence-corrected chi connectivity index (χ2v) is 6.11. The molecule has 1 atom stereocenters. The zero-order valence-electron chi connectivity index (χ0n) is 13.5. The van der Waals surface area contributed by atoms with Gasteiger partial charge in [0.2, 0.25) is 5.95 Å². The number of rotatable bonds is 4. The van der Waals surface area contributed by atoms with E-state index in [1.165, 1.54) is 30.7 Å². The van der Waals surface area contributed by atoms with E-state index in [9.17, 15) is 13.6 Å². The predicted molar refractivity (Wildman–Crippen MR) is 87.7 cm³/mol. The van der Waals surface area contributed by atoms with Crippen LogP contribution in [0.25, 0.3) is 0 Å². The first kappa shape index (κ1) is 16.6. The van der Waals surface area contributed by atoms with Gasteiger partial charge in [-0.1, -0.05) is 12.5 Å². The van der Waals surface area contributed by atoms with Crippen LogP contribution in [0, 0.1) is 11.6 Å². The molecule has 1 aromatic carbocycles. The van der Waals surface area contributed by atoms with Crippen LogP contribution in [0.5, 0.6) is 0 Å². The number of anilines is 1. The lowest BCUT2D eigenvalue weighted by atomic mass is 10.1. The molecule has 1 fully saturated rings. The second kappa shape index (κ2) is 7.09. The minimum atomic E-state index is -0.642. The van der Waals surface area contributed by atoms with Crippen molar-refractivity contribution < 1.29 is 8.78 Å². The molecule has 0 spiro atoms. The molecule has 1 aliphatic rings. The molecule has 3 rings (SSSR count). The molecular weight excluding hydrogens is 314 g/mol. The Morgan fingerprint density at radius 1 is 1.33 bits per heavy atom. The summed E-state index contributed by atoms with van der Waals surface area (Å²) in [6, 6.07) is 5.29. The monoisotopic (exact) mass is 334 g/mol. The number of nitrogens with zero attached hydrogens (tertiary/aromatic N) is 2. The molecule has 2 N–H and O–H groups in total. The van der Waals surface area contributed by atoms with Crippen LogP contribution in [0.1, 0.15) is 37.4 Å². The first-order valence-electron chi connectivity index (χ1n) is 8.09. The highest BCUT2D eigenvalue weighted by Crippen LogP contribution is 2.18. The van der Waals surface area contributed by atoms with Gasteiger partial charge in [-0.25, -0.2) is 18.8 Å². The van der Waals surface area contributed by atoms with Crippen LogP contribution in [-0.4, -0.2) is 27.6 Å². The third-order valence-corrected chi connectivity index (χ3v) is 4.27. The molecule has 0 amide bonds. The molecule has 128 valence electrons. The van der Waals surface area contributed by atoms with E-state index in [2.05, 4.69) is 22.3 Å². The van der Waals surface area contributed by atoms with Crippen molar-refractivity contribution in [3.05, 3.63) is 57.5 Å². The number of nitrogens with one attached hydrogen (secondary N) is 2. The normalized spacial score (nSPS) is 18.5. The third kappa shape index (κ3) is 3.79. The highest BCUT2D eigenvalue weighted by atomic mass is 19.1. The van der Waals surface area contributed by atoms with Crippen LogP contribution in [0.3, 0.4) is 0 Å². The van der Waals surface area contributed by atoms with Crippen LogP contribution in [-0.2, 0) is 6.42 Å². The van der Waals surface area contributed by atoms with Gasteiger partial charge < -0.3 is 0 Å². The van der Waals surface area contributed by atoms with Crippen LogP contribution in [0.4, 0.5) is 14.7 Å². The van der Waals surface area contributed by atoms with Crippen molar-refractivity contribution in [2.45, 2.75) is 38.6 Å². The number of aromatic amines is 1. The smallest absolute Gasteiger partial charge is 0.252 e. The summed E-state index contributed by atoms with van der Waals surface area (Å²) in [5.41, 5.74) is 2.97. The average molecular weight is 334 g/mol. The van der Waals surface area contributed by atoms with E-state index in [0.717, 1.165) is 19.4 Å². The number of hydrogen-bond donors (Lipinski definition) is 2. The Morgan fingerprint density at radius 3 is 2.79 bits per heavy atom. The van der Waals surface area contributed by atoms with Gasteiger partial charge in [-0.15, -0.1) is 0 Å². The second-order valence-electron chi connectivity index (χ2n) is 6.11. The average Bonchev–Trinajstić information content (AvgIpc) is 2.53. The molecule has 1 unspecified atom stereocenters. The largest absolute Gasteiger partial charge is 0.292 e. The van der Waals surface area contributed by atoms with Gasteiger partial charge in [0.25, 0.3) is 5.56 Å². The van der Waals surface area contributed by atoms with E-state index >= 15 is 0 Å². The van der Waals surface area contributed by atoms with Crippen molar-refractivity contribution in [2.75, 3.05) is 12.0 Å². The molecule has 1 aliphatic heterocycles. The molecule has 2 heterocycles. The standard InChI is InChI=1S/C17H20F2N4O/c1-11-5-2-3-8-23(11)22-17-20-12(10-16(24)21-17)9-13-14(18)6-4-7-15(13)19/h4,6-7,10-11H,2-3,5,8-9H2,1H3,(H2,20,21,22,24). The summed E-state index contributed by atoms with van der Waals surface area (Å²) >= 11 is 0. The Kier molecular flexibility index (Phi) is 4.89. The molecule has 5 nitrogen and oxygen atoms in total. The summed E-state index contributed by atoms with van der Waals surface area (Å²) in [7, 11) is 0. The number of H-pyrrole nitrogens is 1. The van der Waals surface area contributed by atoms with Gasteiger partial charge in [-0.2, -0.15) is 0 Å². The summed E-state index contributed by atoms with van der Waals surface area (Å²) in [4.78, 5) is 18.8. The zero-order chi connectivity index (χ0) is 17.1. The molecular formula is C17H20F2N4O. The zero-order valence-corrected chi connectivity index (χ0v) is 13.5. The lowest BCUT2D eigenvalue weighted by molar-refractivity contribution is 0.196. The molecule has 7 heteroatoms. The van der Waals surface area contributed by atoms with Gasteiger partial charge in [0, 0.05) is 30.6 Å². The van der Waals surface area contributed by atoms with Gasteiger partial charge in [-0.3, -0.25) is 15.2 Å². The van der Waals surface area contributed by atoms with Gasteiger partial charge in [-0.05, 0) is 31.9 Å². The molecule has 0 bridgehead atoms. The molecule has 0 aliphatic carbocycles. The summed E-state index contributed by atoms with van der Waals surface area (Å²) in [5.74, 6) is -0.990. The SMILES string of the molecule is CC1CCCCN1Nc1nc(Cc2c(F)cccc2F)cc(=O)[nH]1. The minimum absolute atomic E-state index is 0.0767. The van der Waals surface area contributed by atoms with E-state index in [1.807, 2.05) is 5.01 Å². The lowest BCUT2D eigenvalue weighted by Gasteiger charge is -2.33. The summed E-state index contributed by atoms with van der Waals surface area (Å²) in [6.07, 6.45) is 3.24. The molecule has 0 saturated carbocycles. The molecule has 0 radical (unpaired) electrons. The van der Waals surface area contributed by atoms with Crippen molar-refractivity contribution in [1.29, 1.82) is 0 Å². The number of aromatic nitrogens is 2. The first-order chi connectivity index (χ1) is 11.5. The van der Waals surface area contributed by atoms with Gasteiger partial charge in [0.1, 0.15) is 11.6 Å². The number of benzene rings is 1. The van der Waals surface area contributed by atoms with Gasteiger partial charge in [0.05, 0.1) is 5.69 Å². The van der Waals surface area contributed by atoms with E-state index in [4.69, 9.17) is 0 Å². The van der Waals surface area contributed by atoms with Crippen LogP contribution in [0.2, 0.25) is 0 Å². The summed E-state index contributed by atoms with van der Waals surface area (Å²) < 4.78 is 27.6. The maximum atomic E-state index is 13.8. The van der Waals surface area contributed by atoms with Crippen molar-refractivity contribution >= 4 is 5.95 Å². The van der Waals surface area contributed by atoms with Crippen molar-refractivity contribution in [3.8, 4) is 0 Å². The fourth-order valence-electron chi connectivity index (χ4n) is 2.93. The Balaban J connectivity index is 1.82. The van der Waals surface area contributed by atoms with E-state index in [0.29, 0.717) is 17.7 Å². The van der Waals surface area contributed by atoms with Crippen molar-refractivity contribution in [1.82, 2.24) is 15.0 Å². The fraction of sp³-hybridized carbons (Fsp3) is 0.412. The van der Waals surface area contributed by atoms with E-state index in [-0.39, 0.29) is 17.5 Å². The summed E-state index contributed by atoms with van der Waals surface area (Å²) in [6.45, 7) is 2.96. The van der Waals surface area contributed by atoms with Crippen LogP contribution >= 0.6 is 0 Å². The van der Waals surface area contributed by atoms with Crippen molar-refractivity contribution in [3.63, 3.8) is 0 Å². The van der Waals surface area contributed by atoms with E-state index in [1.54, 1.807) is 0 Å². The lowest BCUT2D eigenvalue weighted by Crippen LogP contribution is -2.42. The van der Waals surface area contributed by atoms with Gasteiger partial charge >= 0.3 is 0 Å². The Bertz CT molecular complexity index is 757. The fourth-order valence-corrected chi connectivity index (χ4v) is 2.93. The van der Waals surface area contributed by atoms with Crippen LogP contribution < -0.4 is 11.0 Å². The number of hydrogen-bond acceptors (Lipinski definition) is 4. The topological polar surface area (TPSA) is 61.0 Å². The third-order valence-electron chi connectivity index (χ3n) is 4.27. The van der Waals surface area contributed by atoms with Crippen LogP contribution in [0.15, 0.2) is 29.1 Å². The predicted octanol–water partition coefficient (Wildman–Crippen LogP) is 2.84. The Labute approximate surface area is 138 Å². The quantitative estimate of drug-likeness (QED) is 0.903. The molecule has 24 heavy (non-hydrogen) atoms. The first-order valence-corrected chi connectivity index (χ1v) is 8.09.